The molecule has 29 heavy (non-hydrogen) atoms. The summed E-state index contributed by atoms with van der Waals surface area (Å²) in [6.45, 7) is 3.70. The Hall–Kier alpha value is -3.09. The standard InChI is InChI=1S/C22H25N3O4/c1-14-9-18-16(12-28-19(18)10-15(14)2)11-22(27)29-13-21(26)24-20-7-8-23-25(20)17-5-3-4-6-17/h7-10,12,17H,3-6,11,13H2,1-2H3,(H,24,26). The molecule has 0 radical (unpaired) electrons. The SMILES string of the molecule is Cc1cc2occ(CC(=O)OCC(=O)Nc3ccnn3C3CCCC3)c2cc1C. The zero-order chi connectivity index (χ0) is 20.4. The van der Waals surface area contributed by atoms with Gasteiger partial charge in [0.15, 0.2) is 6.61 Å². The van der Waals surface area contributed by atoms with Gasteiger partial charge in [-0.1, -0.05) is 12.8 Å². The molecule has 1 N–H and O–H groups in total. The third-order valence-electron chi connectivity index (χ3n) is 5.58. The topological polar surface area (TPSA) is 86.4 Å². The summed E-state index contributed by atoms with van der Waals surface area (Å²) in [4.78, 5) is 24.5. The molecule has 0 aliphatic heterocycles. The Balaban J connectivity index is 1.33. The van der Waals surface area contributed by atoms with Gasteiger partial charge in [0.05, 0.1) is 24.9 Å². The summed E-state index contributed by atoms with van der Waals surface area (Å²) in [5.74, 6) is -0.198. The van der Waals surface area contributed by atoms with Gasteiger partial charge in [-0.25, -0.2) is 4.68 Å². The van der Waals surface area contributed by atoms with Crippen molar-refractivity contribution in [1.82, 2.24) is 9.78 Å². The van der Waals surface area contributed by atoms with Crippen molar-refractivity contribution in [3.8, 4) is 0 Å². The fourth-order valence-electron chi connectivity index (χ4n) is 3.86. The molecule has 2 aromatic heterocycles. The Labute approximate surface area is 169 Å². The van der Waals surface area contributed by atoms with Gasteiger partial charge in [-0.05, 0) is 49.9 Å². The van der Waals surface area contributed by atoms with Crippen LogP contribution in [0.5, 0.6) is 0 Å². The normalized spacial score (nSPS) is 14.4. The lowest BCUT2D eigenvalue weighted by Gasteiger charge is -2.14. The summed E-state index contributed by atoms with van der Waals surface area (Å²) >= 11 is 0. The zero-order valence-electron chi connectivity index (χ0n) is 16.7. The number of benzene rings is 1. The number of carbonyl (C=O) groups excluding carboxylic acids is 2. The lowest BCUT2D eigenvalue weighted by molar-refractivity contribution is -0.146. The van der Waals surface area contributed by atoms with E-state index in [2.05, 4.69) is 10.4 Å². The Bertz CT molecular complexity index is 1040. The molecule has 1 aromatic carbocycles. The summed E-state index contributed by atoms with van der Waals surface area (Å²) in [7, 11) is 0. The summed E-state index contributed by atoms with van der Waals surface area (Å²) in [5.41, 5.74) is 3.77. The van der Waals surface area contributed by atoms with Crippen molar-refractivity contribution in [1.29, 1.82) is 0 Å². The number of carbonyl (C=O) groups is 2. The smallest absolute Gasteiger partial charge is 0.310 e. The molecule has 3 aromatic rings. The summed E-state index contributed by atoms with van der Waals surface area (Å²) in [6.07, 6.45) is 7.80. The quantitative estimate of drug-likeness (QED) is 0.636. The third-order valence-corrected chi connectivity index (χ3v) is 5.58. The molecule has 0 spiro atoms. The van der Waals surface area contributed by atoms with E-state index in [1.54, 1.807) is 18.5 Å². The molecule has 0 bridgehead atoms. The summed E-state index contributed by atoms with van der Waals surface area (Å²) in [5, 5.41) is 8.01. The first kappa shape index (κ1) is 19.2. The predicted molar refractivity (Wildman–Crippen MR) is 109 cm³/mol. The minimum Gasteiger partial charge on any atom is -0.464 e. The van der Waals surface area contributed by atoms with Gasteiger partial charge in [0.1, 0.15) is 11.4 Å². The Kier molecular flexibility index (Phi) is 5.38. The van der Waals surface area contributed by atoms with Crippen molar-refractivity contribution in [2.75, 3.05) is 11.9 Å². The van der Waals surface area contributed by atoms with E-state index in [-0.39, 0.29) is 18.9 Å². The molecule has 1 amide bonds. The van der Waals surface area contributed by atoms with Gasteiger partial charge in [-0.2, -0.15) is 5.10 Å². The molecule has 1 aliphatic carbocycles. The highest BCUT2D eigenvalue weighted by atomic mass is 16.5. The minimum absolute atomic E-state index is 0.0583. The van der Waals surface area contributed by atoms with Crippen LogP contribution in [-0.4, -0.2) is 28.3 Å². The van der Waals surface area contributed by atoms with Gasteiger partial charge in [0.2, 0.25) is 0 Å². The number of nitrogens with zero attached hydrogens (tertiary/aromatic N) is 2. The van der Waals surface area contributed by atoms with Crippen molar-refractivity contribution in [2.45, 2.75) is 52.0 Å². The van der Waals surface area contributed by atoms with E-state index in [9.17, 15) is 9.59 Å². The van der Waals surface area contributed by atoms with E-state index < -0.39 is 5.97 Å². The van der Waals surface area contributed by atoms with Crippen molar-refractivity contribution in [3.05, 3.63) is 47.3 Å². The second-order valence-corrected chi connectivity index (χ2v) is 7.68. The lowest BCUT2D eigenvalue weighted by Crippen LogP contribution is -2.23. The van der Waals surface area contributed by atoms with Crippen LogP contribution in [0.15, 0.2) is 35.1 Å². The third kappa shape index (κ3) is 4.18. The molecule has 0 unspecified atom stereocenters. The van der Waals surface area contributed by atoms with Crippen molar-refractivity contribution in [3.63, 3.8) is 0 Å². The monoisotopic (exact) mass is 395 g/mol. The maximum atomic E-state index is 12.2. The van der Waals surface area contributed by atoms with Crippen LogP contribution in [-0.2, 0) is 20.7 Å². The number of hydrogen-bond acceptors (Lipinski definition) is 5. The number of nitrogens with one attached hydrogen (secondary N) is 1. The van der Waals surface area contributed by atoms with E-state index in [1.807, 2.05) is 30.7 Å². The number of hydrogen-bond donors (Lipinski definition) is 1. The molecule has 1 saturated carbocycles. The fraction of sp³-hybridized carbons (Fsp3) is 0.409. The number of aromatic nitrogens is 2. The van der Waals surface area contributed by atoms with Crippen LogP contribution in [0, 0.1) is 13.8 Å². The molecule has 2 heterocycles. The highest BCUT2D eigenvalue weighted by molar-refractivity contribution is 5.92. The van der Waals surface area contributed by atoms with Crippen LogP contribution in [0.2, 0.25) is 0 Å². The number of ether oxygens (including phenoxy) is 1. The molecule has 4 rings (SSSR count). The number of amides is 1. The average molecular weight is 395 g/mol. The van der Waals surface area contributed by atoms with E-state index >= 15 is 0 Å². The van der Waals surface area contributed by atoms with Crippen LogP contribution in [0.25, 0.3) is 11.0 Å². The first-order valence-electron chi connectivity index (χ1n) is 9.97. The van der Waals surface area contributed by atoms with E-state index in [0.29, 0.717) is 11.9 Å². The van der Waals surface area contributed by atoms with Gasteiger partial charge in [-0.3, -0.25) is 9.59 Å². The van der Waals surface area contributed by atoms with E-state index in [4.69, 9.17) is 9.15 Å². The number of furan rings is 1. The molecule has 7 nitrogen and oxygen atoms in total. The van der Waals surface area contributed by atoms with Gasteiger partial charge >= 0.3 is 5.97 Å². The molecular weight excluding hydrogens is 370 g/mol. The van der Waals surface area contributed by atoms with Crippen molar-refractivity contribution in [2.24, 2.45) is 0 Å². The van der Waals surface area contributed by atoms with Gasteiger partial charge in [0, 0.05) is 17.0 Å². The largest absolute Gasteiger partial charge is 0.464 e. The first-order chi connectivity index (χ1) is 14.0. The Morgan fingerprint density at radius 3 is 2.79 bits per heavy atom. The highest BCUT2D eigenvalue weighted by Crippen LogP contribution is 2.31. The lowest BCUT2D eigenvalue weighted by atomic mass is 10.0. The maximum Gasteiger partial charge on any atom is 0.310 e. The molecule has 0 saturated heterocycles. The highest BCUT2D eigenvalue weighted by Gasteiger charge is 2.21. The summed E-state index contributed by atoms with van der Waals surface area (Å²) in [6, 6.07) is 6.05. The fourth-order valence-corrected chi connectivity index (χ4v) is 3.86. The van der Waals surface area contributed by atoms with Gasteiger partial charge in [0.25, 0.3) is 5.91 Å². The van der Waals surface area contributed by atoms with Gasteiger partial charge in [-0.15, -0.1) is 0 Å². The second-order valence-electron chi connectivity index (χ2n) is 7.68. The Morgan fingerprint density at radius 1 is 1.24 bits per heavy atom. The minimum atomic E-state index is -0.467. The molecular formula is C22H25N3O4. The second kappa shape index (κ2) is 8.11. The maximum absolute atomic E-state index is 12.2. The van der Waals surface area contributed by atoms with E-state index in [0.717, 1.165) is 40.5 Å². The van der Waals surface area contributed by atoms with Crippen LogP contribution in [0.4, 0.5) is 5.82 Å². The zero-order valence-corrected chi connectivity index (χ0v) is 16.7. The molecule has 7 heteroatoms. The average Bonchev–Trinajstić information content (AvgIpc) is 3.43. The number of fused-ring (bicyclic) bond motifs is 1. The van der Waals surface area contributed by atoms with Crippen LogP contribution < -0.4 is 5.32 Å². The van der Waals surface area contributed by atoms with Gasteiger partial charge < -0.3 is 14.5 Å². The van der Waals surface area contributed by atoms with Crippen molar-refractivity contribution < 1.29 is 18.7 Å². The first-order valence-corrected chi connectivity index (χ1v) is 9.97. The van der Waals surface area contributed by atoms with E-state index in [1.165, 1.54) is 12.8 Å². The predicted octanol–water partition coefficient (Wildman–Crippen LogP) is 4.09. The number of aryl methyl sites for hydroxylation is 2. The molecule has 0 atom stereocenters. The van der Waals surface area contributed by atoms with Crippen LogP contribution in [0.3, 0.4) is 0 Å². The number of anilines is 1. The molecule has 1 fully saturated rings. The number of rotatable bonds is 6. The Morgan fingerprint density at radius 2 is 2.00 bits per heavy atom. The molecule has 152 valence electrons. The summed E-state index contributed by atoms with van der Waals surface area (Å²) < 4.78 is 12.6. The number of esters is 1. The van der Waals surface area contributed by atoms with Crippen LogP contribution >= 0.6 is 0 Å². The van der Waals surface area contributed by atoms with Crippen LogP contribution in [0.1, 0.15) is 48.4 Å². The molecule has 1 aliphatic rings. The van der Waals surface area contributed by atoms with Crippen molar-refractivity contribution >= 4 is 28.7 Å².